The van der Waals surface area contributed by atoms with Gasteiger partial charge in [0.1, 0.15) is 19.3 Å². The van der Waals surface area contributed by atoms with Crippen LogP contribution >= 0.6 is 0 Å². The maximum absolute atomic E-state index is 11.3. The molecule has 6 nitrogen and oxygen atoms in total. The lowest BCUT2D eigenvalue weighted by molar-refractivity contribution is -0.148. The van der Waals surface area contributed by atoms with Crippen LogP contribution < -0.4 is 0 Å². The van der Waals surface area contributed by atoms with Crippen LogP contribution in [0.1, 0.15) is 12.0 Å². The number of carbonyl (C=O) groups is 2. The molecular formula is C13H14O6. The summed E-state index contributed by atoms with van der Waals surface area (Å²) >= 11 is 0. The van der Waals surface area contributed by atoms with E-state index in [1.807, 2.05) is 30.3 Å². The van der Waals surface area contributed by atoms with E-state index in [9.17, 15) is 9.59 Å². The Labute approximate surface area is 109 Å². The summed E-state index contributed by atoms with van der Waals surface area (Å²) in [4.78, 5) is 22.2. The standard InChI is InChI=1S/C13H14O6/c14-11-6-10(19-12(11)15)8-18-13(16)17-7-9-4-2-1-3-5-9/h1-5,10-11,14H,6-8H2. The summed E-state index contributed by atoms with van der Waals surface area (Å²) < 4.78 is 14.4. The minimum atomic E-state index is -1.13. The van der Waals surface area contributed by atoms with Crippen molar-refractivity contribution in [2.24, 2.45) is 0 Å². The molecule has 0 saturated carbocycles. The van der Waals surface area contributed by atoms with Crippen molar-refractivity contribution in [3.8, 4) is 0 Å². The van der Waals surface area contributed by atoms with Gasteiger partial charge in [-0.25, -0.2) is 9.59 Å². The second kappa shape index (κ2) is 6.19. The van der Waals surface area contributed by atoms with Crippen LogP contribution in [0.4, 0.5) is 4.79 Å². The van der Waals surface area contributed by atoms with Crippen LogP contribution in [0, 0.1) is 0 Å². The van der Waals surface area contributed by atoms with Gasteiger partial charge in [-0.1, -0.05) is 30.3 Å². The Hall–Kier alpha value is -2.08. The molecule has 1 saturated heterocycles. The van der Waals surface area contributed by atoms with E-state index in [1.165, 1.54) is 0 Å². The van der Waals surface area contributed by atoms with Crippen LogP contribution in [-0.4, -0.2) is 36.0 Å². The van der Waals surface area contributed by atoms with E-state index in [-0.39, 0.29) is 19.6 Å². The highest BCUT2D eigenvalue weighted by Gasteiger charge is 2.33. The Kier molecular flexibility index (Phi) is 4.35. The normalized spacial score (nSPS) is 21.8. The first-order chi connectivity index (χ1) is 9.15. The van der Waals surface area contributed by atoms with Crippen LogP contribution in [0.15, 0.2) is 30.3 Å². The molecule has 1 aromatic rings. The molecule has 1 aliphatic heterocycles. The number of carbonyl (C=O) groups excluding carboxylic acids is 2. The lowest BCUT2D eigenvalue weighted by atomic mass is 10.2. The summed E-state index contributed by atoms with van der Waals surface area (Å²) in [5.74, 6) is -0.689. The van der Waals surface area contributed by atoms with E-state index in [0.717, 1.165) is 5.56 Å². The highest BCUT2D eigenvalue weighted by Crippen LogP contribution is 2.15. The van der Waals surface area contributed by atoms with Crippen molar-refractivity contribution < 1.29 is 28.9 Å². The molecule has 2 rings (SSSR count). The second-order valence-corrected chi connectivity index (χ2v) is 4.15. The number of aliphatic hydroxyl groups is 1. The number of aliphatic hydroxyl groups excluding tert-OH is 1. The van der Waals surface area contributed by atoms with Crippen LogP contribution in [0.3, 0.4) is 0 Å². The van der Waals surface area contributed by atoms with E-state index < -0.39 is 24.3 Å². The molecule has 6 heteroatoms. The molecule has 2 unspecified atom stereocenters. The highest BCUT2D eigenvalue weighted by atomic mass is 16.7. The van der Waals surface area contributed by atoms with Crippen molar-refractivity contribution in [2.75, 3.05) is 6.61 Å². The summed E-state index contributed by atoms with van der Waals surface area (Å²) in [7, 11) is 0. The van der Waals surface area contributed by atoms with Crippen LogP contribution in [0.2, 0.25) is 0 Å². The Balaban J connectivity index is 1.67. The maximum atomic E-state index is 11.3. The third kappa shape index (κ3) is 3.96. The van der Waals surface area contributed by atoms with Gasteiger partial charge in [0.25, 0.3) is 0 Å². The van der Waals surface area contributed by atoms with Gasteiger partial charge in [0.05, 0.1) is 0 Å². The molecule has 0 amide bonds. The number of esters is 1. The number of hydrogen-bond acceptors (Lipinski definition) is 6. The van der Waals surface area contributed by atoms with Crippen molar-refractivity contribution >= 4 is 12.1 Å². The van der Waals surface area contributed by atoms with Crippen molar-refractivity contribution in [3.05, 3.63) is 35.9 Å². The minimum absolute atomic E-state index is 0.115. The molecular weight excluding hydrogens is 252 g/mol. The Morgan fingerprint density at radius 2 is 2.05 bits per heavy atom. The van der Waals surface area contributed by atoms with Gasteiger partial charge in [-0.05, 0) is 5.56 Å². The molecule has 1 aliphatic rings. The molecule has 1 fully saturated rings. The molecule has 0 spiro atoms. The fourth-order valence-corrected chi connectivity index (χ4v) is 1.66. The largest absolute Gasteiger partial charge is 0.508 e. The topological polar surface area (TPSA) is 82.1 Å². The summed E-state index contributed by atoms with van der Waals surface area (Å²) in [5.41, 5.74) is 0.849. The Bertz CT molecular complexity index is 444. The van der Waals surface area contributed by atoms with E-state index >= 15 is 0 Å². The first-order valence-electron chi connectivity index (χ1n) is 5.87. The second-order valence-electron chi connectivity index (χ2n) is 4.15. The summed E-state index contributed by atoms with van der Waals surface area (Å²) in [6.45, 7) is 0.00315. The first-order valence-corrected chi connectivity index (χ1v) is 5.87. The van der Waals surface area contributed by atoms with E-state index in [0.29, 0.717) is 0 Å². The monoisotopic (exact) mass is 266 g/mol. The number of benzene rings is 1. The molecule has 2 atom stereocenters. The summed E-state index contributed by atoms with van der Waals surface area (Å²) in [5, 5.41) is 9.14. The zero-order valence-corrected chi connectivity index (χ0v) is 10.2. The lowest BCUT2D eigenvalue weighted by Gasteiger charge is -2.10. The smallest absolute Gasteiger partial charge is 0.457 e. The molecule has 102 valence electrons. The van der Waals surface area contributed by atoms with Crippen LogP contribution in [-0.2, 0) is 25.6 Å². The molecule has 0 aromatic heterocycles. The first kappa shape index (κ1) is 13.4. The SMILES string of the molecule is O=C(OCc1ccccc1)OCC1CC(O)C(=O)O1. The molecule has 0 bridgehead atoms. The van der Waals surface area contributed by atoms with E-state index in [4.69, 9.17) is 19.3 Å². The maximum Gasteiger partial charge on any atom is 0.508 e. The Morgan fingerprint density at radius 1 is 1.32 bits per heavy atom. The molecule has 0 aliphatic carbocycles. The fourth-order valence-electron chi connectivity index (χ4n) is 1.66. The predicted molar refractivity (Wildman–Crippen MR) is 63.1 cm³/mol. The number of rotatable bonds is 4. The number of cyclic esters (lactones) is 1. The third-order valence-electron chi connectivity index (χ3n) is 2.63. The Morgan fingerprint density at radius 3 is 2.68 bits per heavy atom. The number of ether oxygens (including phenoxy) is 3. The fraction of sp³-hybridized carbons (Fsp3) is 0.385. The average molecular weight is 266 g/mol. The molecule has 1 aromatic carbocycles. The van der Waals surface area contributed by atoms with E-state index in [1.54, 1.807) is 0 Å². The van der Waals surface area contributed by atoms with Crippen LogP contribution in [0.5, 0.6) is 0 Å². The quantitative estimate of drug-likeness (QED) is 0.819. The summed E-state index contributed by atoms with van der Waals surface area (Å²) in [6.07, 6.45) is -2.44. The lowest BCUT2D eigenvalue weighted by Crippen LogP contribution is -2.19. The van der Waals surface area contributed by atoms with Crippen LogP contribution in [0.25, 0.3) is 0 Å². The van der Waals surface area contributed by atoms with Gasteiger partial charge < -0.3 is 19.3 Å². The van der Waals surface area contributed by atoms with Crippen molar-refractivity contribution in [3.63, 3.8) is 0 Å². The predicted octanol–water partition coefficient (Wildman–Crippen LogP) is 1.02. The van der Waals surface area contributed by atoms with E-state index in [2.05, 4.69) is 0 Å². The van der Waals surface area contributed by atoms with Crippen molar-refractivity contribution in [2.45, 2.75) is 25.2 Å². The third-order valence-corrected chi connectivity index (χ3v) is 2.63. The van der Waals surface area contributed by atoms with Gasteiger partial charge >= 0.3 is 12.1 Å². The molecule has 1 N–H and O–H groups in total. The van der Waals surface area contributed by atoms with Gasteiger partial charge in [0, 0.05) is 6.42 Å². The zero-order valence-electron chi connectivity index (χ0n) is 10.2. The van der Waals surface area contributed by atoms with Gasteiger partial charge in [-0.3, -0.25) is 0 Å². The van der Waals surface area contributed by atoms with Crippen molar-refractivity contribution in [1.82, 2.24) is 0 Å². The van der Waals surface area contributed by atoms with Crippen molar-refractivity contribution in [1.29, 1.82) is 0 Å². The molecule has 19 heavy (non-hydrogen) atoms. The average Bonchev–Trinajstić information content (AvgIpc) is 2.74. The highest BCUT2D eigenvalue weighted by molar-refractivity contribution is 5.76. The van der Waals surface area contributed by atoms with Gasteiger partial charge in [0.15, 0.2) is 6.10 Å². The molecule has 1 heterocycles. The number of hydrogen-bond donors (Lipinski definition) is 1. The van der Waals surface area contributed by atoms with Gasteiger partial charge in [-0.2, -0.15) is 0 Å². The summed E-state index contributed by atoms with van der Waals surface area (Å²) in [6, 6.07) is 9.18. The van der Waals surface area contributed by atoms with Gasteiger partial charge in [0.2, 0.25) is 0 Å². The van der Waals surface area contributed by atoms with Gasteiger partial charge in [-0.15, -0.1) is 0 Å². The molecule has 0 radical (unpaired) electrons. The minimum Gasteiger partial charge on any atom is -0.457 e. The zero-order chi connectivity index (χ0) is 13.7.